The summed E-state index contributed by atoms with van der Waals surface area (Å²) < 4.78 is 2.54. The SMILES string of the molecule is CNCCN1Cc2cccc3c4c5c(ccc4n(c23)C1)C=CCC5. The van der Waals surface area contributed by atoms with Gasteiger partial charge in [-0.1, -0.05) is 36.4 Å². The van der Waals surface area contributed by atoms with Gasteiger partial charge in [-0.2, -0.15) is 0 Å². The van der Waals surface area contributed by atoms with E-state index in [9.17, 15) is 0 Å². The summed E-state index contributed by atoms with van der Waals surface area (Å²) in [6.07, 6.45) is 6.92. The first-order chi connectivity index (χ1) is 11.9. The molecule has 0 bridgehead atoms. The van der Waals surface area contributed by atoms with Crippen molar-refractivity contribution in [2.75, 3.05) is 20.1 Å². The van der Waals surface area contributed by atoms with Gasteiger partial charge in [0.05, 0.1) is 17.7 Å². The number of benzene rings is 2. The molecule has 5 rings (SSSR count). The van der Waals surface area contributed by atoms with Crippen molar-refractivity contribution in [3.63, 3.8) is 0 Å². The second-order valence-corrected chi connectivity index (χ2v) is 7.01. The van der Waals surface area contributed by atoms with E-state index in [0.717, 1.165) is 39.1 Å². The summed E-state index contributed by atoms with van der Waals surface area (Å²) in [4.78, 5) is 2.54. The number of para-hydroxylation sites is 1. The van der Waals surface area contributed by atoms with Crippen molar-refractivity contribution < 1.29 is 0 Å². The number of hydrogen-bond donors (Lipinski definition) is 1. The van der Waals surface area contributed by atoms with Gasteiger partial charge in [0.25, 0.3) is 0 Å². The van der Waals surface area contributed by atoms with Crippen molar-refractivity contribution in [2.45, 2.75) is 26.1 Å². The number of likely N-dealkylation sites (N-methyl/N-ethyl adjacent to an activating group) is 1. The third-order valence-electron chi connectivity index (χ3n) is 5.55. The number of allylic oxidation sites excluding steroid dienone is 1. The zero-order valence-electron chi connectivity index (χ0n) is 14.2. The van der Waals surface area contributed by atoms with Crippen LogP contribution in [0.2, 0.25) is 0 Å². The van der Waals surface area contributed by atoms with E-state index in [4.69, 9.17) is 0 Å². The molecule has 3 nitrogen and oxygen atoms in total. The third kappa shape index (κ3) is 1.98. The Morgan fingerprint density at radius 3 is 3.04 bits per heavy atom. The van der Waals surface area contributed by atoms with Crippen molar-refractivity contribution in [3.05, 3.63) is 53.1 Å². The molecule has 2 aliphatic rings. The molecule has 3 heteroatoms. The number of fused-ring (bicyclic) bond motifs is 5. The number of aromatic nitrogens is 1. The molecule has 1 N–H and O–H groups in total. The van der Waals surface area contributed by atoms with Crippen LogP contribution < -0.4 is 5.32 Å². The van der Waals surface area contributed by atoms with Gasteiger partial charge in [-0.25, -0.2) is 0 Å². The Morgan fingerprint density at radius 2 is 2.12 bits per heavy atom. The van der Waals surface area contributed by atoms with Crippen molar-refractivity contribution in [1.29, 1.82) is 0 Å². The number of hydrogen-bond acceptors (Lipinski definition) is 2. The fourth-order valence-electron chi connectivity index (χ4n) is 4.46. The second-order valence-electron chi connectivity index (χ2n) is 7.01. The first-order valence-electron chi connectivity index (χ1n) is 8.96. The molecule has 0 unspecified atom stereocenters. The molecule has 2 aromatic carbocycles. The minimum Gasteiger partial charge on any atom is -0.326 e. The molecule has 122 valence electrons. The molecule has 0 saturated heterocycles. The molecule has 24 heavy (non-hydrogen) atoms. The van der Waals surface area contributed by atoms with Crippen LogP contribution in [0.15, 0.2) is 36.4 Å². The second kappa shape index (κ2) is 5.47. The average molecular weight is 317 g/mol. The topological polar surface area (TPSA) is 20.2 Å². The summed E-state index contributed by atoms with van der Waals surface area (Å²) >= 11 is 0. The maximum absolute atomic E-state index is 3.28. The summed E-state index contributed by atoms with van der Waals surface area (Å²) in [5, 5.41) is 6.21. The Balaban J connectivity index is 1.78. The van der Waals surface area contributed by atoms with Gasteiger partial charge in [0.1, 0.15) is 0 Å². The van der Waals surface area contributed by atoms with Gasteiger partial charge in [-0.05, 0) is 42.6 Å². The molecule has 3 aromatic rings. The molecule has 1 aromatic heterocycles. The predicted octanol–water partition coefficient (Wildman–Crippen LogP) is 3.75. The van der Waals surface area contributed by atoms with E-state index < -0.39 is 0 Å². The van der Waals surface area contributed by atoms with Gasteiger partial charge in [0, 0.05) is 30.4 Å². The maximum atomic E-state index is 3.28. The Hall–Kier alpha value is -2.10. The molecule has 0 radical (unpaired) electrons. The lowest BCUT2D eigenvalue weighted by Gasteiger charge is -2.29. The van der Waals surface area contributed by atoms with E-state index in [0.29, 0.717) is 0 Å². The van der Waals surface area contributed by atoms with Crippen LogP contribution >= 0.6 is 0 Å². The van der Waals surface area contributed by atoms with E-state index in [1.165, 1.54) is 32.9 Å². The Morgan fingerprint density at radius 1 is 1.17 bits per heavy atom. The quantitative estimate of drug-likeness (QED) is 0.794. The van der Waals surface area contributed by atoms with Gasteiger partial charge in [-0.15, -0.1) is 0 Å². The van der Waals surface area contributed by atoms with Crippen LogP contribution in [0.25, 0.3) is 27.9 Å². The monoisotopic (exact) mass is 317 g/mol. The fraction of sp³-hybridized carbons (Fsp3) is 0.333. The molecule has 2 heterocycles. The zero-order chi connectivity index (χ0) is 16.1. The molecule has 0 saturated carbocycles. The Kier molecular flexibility index (Phi) is 3.25. The molecule has 0 atom stereocenters. The largest absolute Gasteiger partial charge is 0.326 e. The van der Waals surface area contributed by atoms with Gasteiger partial charge < -0.3 is 9.88 Å². The minimum absolute atomic E-state index is 0.993. The van der Waals surface area contributed by atoms with Crippen molar-refractivity contribution in [3.8, 4) is 0 Å². The number of nitrogens with zero attached hydrogens (tertiary/aromatic N) is 2. The molecule has 0 fully saturated rings. The van der Waals surface area contributed by atoms with E-state index in [2.05, 4.69) is 57.3 Å². The van der Waals surface area contributed by atoms with Gasteiger partial charge in [-0.3, -0.25) is 4.90 Å². The van der Waals surface area contributed by atoms with Crippen LogP contribution in [0.5, 0.6) is 0 Å². The number of rotatable bonds is 3. The molecule has 0 spiro atoms. The molecular weight excluding hydrogens is 294 g/mol. The zero-order valence-corrected chi connectivity index (χ0v) is 14.2. The number of nitrogens with one attached hydrogen (secondary N) is 1. The highest BCUT2D eigenvalue weighted by Gasteiger charge is 2.23. The molecular formula is C21H23N3. The van der Waals surface area contributed by atoms with Gasteiger partial charge >= 0.3 is 0 Å². The normalized spacial score (nSPS) is 16.9. The van der Waals surface area contributed by atoms with E-state index in [-0.39, 0.29) is 0 Å². The Bertz CT molecular complexity index is 964. The molecule has 1 aliphatic carbocycles. The first kappa shape index (κ1) is 14.3. The number of aryl methyl sites for hydroxylation is 1. The molecule has 0 amide bonds. The summed E-state index contributed by atoms with van der Waals surface area (Å²) in [6.45, 7) is 4.16. The lowest BCUT2D eigenvalue weighted by atomic mass is 9.92. The highest BCUT2D eigenvalue weighted by atomic mass is 15.3. The first-order valence-corrected chi connectivity index (χ1v) is 8.96. The highest BCUT2D eigenvalue weighted by molar-refractivity contribution is 6.11. The standard InChI is InChI=1S/C21H23N3/c1-22-11-12-23-13-16-6-4-8-18-20-17-7-3-2-5-15(17)9-10-19(20)24(14-23)21(16)18/h2,4-6,8-10,22H,3,7,11-14H2,1H3. The fourth-order valence-corrected chi connectivity index (χ4v) is 4.46. The Labute approximate surface area is 142 Å². The predicted molar refractivity (Wildman–Crippen MR) is 101 cm³/mol. The van der Waals surface area contributed by atoms with Crippen LogP contribution in [-0.4, -0.2) is 29.6 Å². The van der Waals surface area contributed by atoms with Crippen LogP contribution in [0.1, 0.15) is 23.1 Å². The van der Waals surface area contributed by atoms with Gasteiger partial charge in [0.15, 0.2) is 0 Å². The van der Waals surface area contributed by atoms with Gasteiger partial charge in [0.2, 0.25) is 0 Å². The van der Waals surface area contributed by atoms with E-state index >= 15 is 0 Å². The lowest BCUT2D eigenvalue weighted by molar-refractivity contribution is 0.208. The van der Waals surface area contributed by atoms with Crippen molar-refractivity contribution >= 4 is 27.9 Å². The lowest BCUT2D eigenvalue weighted by Crippen LogP contribution is -2.34. The third-order valence-corrected chi connectivity index (χ3v) is 5.55. The van der Waals surface area contributed by atoms with Crippen LogP contribution in [0, 0.1) is 0 Å². The van der Waals surface area contributed by atoms with Crippen molar-refractivity contribution in [1.82, 2.24) is 14.8 Å². The van der Waals surface area contributed by atoms with Crippen LogP contribution in [0.4, 0.5) is 0 Å². The average Bonchev–Trinajstić information content (AvgIpc) is 2.96. The van der Waals surface area contributed by atoms with Crippen LogP contribution in [0.3, 0.4) is 0 Å². The van der Waals surface area contributed by atoms with E-state index in [1.54, 1.807) is 5.56 Å². The minimum atomic E-state index is 0.993. The summed E-state index contributed by atoms with van der Waals surface area (Å²) in [7, 11) is 2.03. The maximum Gasteiger partial charge on any atom is 0.0760 e. The van der Waals surface area contributed by atoms with Crippen molar-refractivity contribution in [2.24, 2.45) is 0 Å². The summed E-state index contributed by atoms with van der Waals surface area (Å²) in [6, 6.07) is 11.5. The summed E-state index contributed by atoms with van der Waals surface area (Å²) in [5.41, 5.74) is 7.27. The molecule has 1 aliphatic heterocycles. The van der Waals surface area contributed by atoms with Crippen LogP contribution in [-0.2, 0) is 19.6 Å². The smallest absolute Gasteiger partial charge is 0.0760 e. The van der Waals surface area contributed by atoms with E-state index in [1.807, 2.05) is 7.05 Å². The summed E-state index contributed by atoms with van der Waals surface area (Å²) in [5.74, 6) is 0. The highest BCUT2D eigenvalue weighted by Crippen LogP contribution is 2.39.